The lowest BCUT2D eigenvalue weighted by atomic mass is 10.0. The zero-order chi connectivity index (χ0) is 28.7. The van der Waals surface area contributed by atoms with Crippen molar-refractivity contribution in [3.8, 4) is 23.5 Å². The number of hydrogen-bond donors (Lipinski definition) is 2. The Morgan fingerprint density at radius 3 is 2.62 bits per heavy atom. The Hall–Kier alpha value is -3.17. The van der Waals surface area contributed by atoms with Gasteiger partial charge in [-0.3, -0.25) is 4.79 Å². The monoisotopic (exact) mass is 559 g/mol. The highest BCUT2D eigenvalue weighted by molar-refractivity contribution is 7.89. The fourth-order valence-electron chi connectivity index (χ4n) is 4.18. The van der Waals surface area contributed by atoms with Crippen molar-refractivity contribution in [2.45, 2.75) is 56.8 Å². The van der Waals surface area contributed by atoms with E-state index in [0.29, 0.717) is 17.7 Å². The van der Waals surface area contributed by atoms with Crippen LogP contribution in [-0.2, 0) is 10.0 Å². The first kappa shape index (κ1) is 30.4. The molecule has 1 aromatic carbocycles. The van der Waals surface area contributed by atoms with Crippen LogP contribution >= 0.6 is 0 Å². The maximum Gasteiger partial charge on any atom is 0.259 e. The van der Waals surface area contributed by atoms with Crippen LogP contribution in [0.1, 0.15) is 49.5 Å². The van der Waals surface area contributed by atoms with Gasteiger partial charge in [-0.1, -0.05) is 32.1 Å². The molecule has 0 radical (unpaired) electrons. The van der Waals surface area contributed by atoms with Gasteiger partial charge in [0.2, 0.25) is 15.9 Å². The average Bonchev–Trinajstić information content (AvgIpc) is 2.93. The van der Waals surface area contributed by atoms with Gasteiger partial charge in [-0.25, -0.2) is 13.4 Å². The van der Waals surface area contributed by atoms with Gasteiger partial charge in [-0.15, -0.1) is 0 Å². The van der Waals surface area contributed by atoms with Crippen LogP contribution in [0.2, 0.25) is 0 Å². The van der Waals surface area contributed by atoms with Gasteiger partial charge in [0.15, 0.2) is 0 Å². The largest absolute Gasteiger partial charge is 0.497 e. The van der Waals surface area contributed by atoms with Gasteiger partial charge in [-0.05, 0) is 43.7 Å². The third-order valence-electron chi connectivity index (χ3n) is 6.67. The number of likely N-dealkylation sites (N-methyl/N-ethyl adjacent to an activating group) is 1. The molecule has 2 N–H and O–H groups in total. The highest BCUT2D eigenvalue weighted by Gasteiger charge is 2.36. The van der Waals surface area contributed by atoms with Gasteiger partial charge in [0, 0.05) is 31.3 Å². The van der Waals surface area contributed by atoms with Crippen molar-refractivity contribution in [1.29, 1.82) is 0 Å². The summed E-state index contributed by atoms with van der Waals surface area (Å²) in [5.74, 6) is 5.54. The highest BCUT2D eigenvalue weighted by atomic mass is 32.2. The van der Waals surface area contributed by atoms with Gasteiger partial charge in [0.25, 0.3) is 5.91 Å². The van der Waals surface area contributed by atoms with Gasteiger partial charge in [0.1, 0.15) is 23.5 Å². The Kier molecular flexibility index (Phi) is 10.3. The lowest BCUT2D eigenvalue weighted by molar-refractivity contribution is 0.0373. The summed E-state index contributed by atoms with van der Waals surface area (Å²) >= 11 is 0. The Labute approximate surface area is 230 Å². The standard InChI is InChI=1S/C28H37N3O7S/c1-6-7-22(33)9-8-21-14-25-27(29-15-21)38-26(19(2)16-31(28(25)34)20(3)18-32)17-30(4)39(35,36)24-12-10-23(37-5)11-13-24/h10-15,19-20,22,26,32-33H,6-7,16-18H2,1-5H3/t19-,20+,22?,26-/m0/s1. The molecule has 0 saturated carbocycles. The van der Waals surface area contributed by atoms with Gasteiger partial charge < -0.3 is 24.6 Å². The van der Waals surface area contributed by atoms with E-state index in [1.807, 2.05) is 13.8 Å². The van der Waals surface area contributed by atoms with Crippen molar-refractivity contribution in [2.75, 3.05) is 33.9 Å². The van der Waals surface area contributed by atoms with E-state index < -0.39 is 28.3 Å². The van der Waals surface area contributed by atoms with Crippen molar-refractivity contribution in [3.63, 3.8) is 0 Å². The zero-order valence-corrected chi connectivity index (χ0v) is 23.8. The highest BCUT2D eigenvalue weighted by Crippen LogP contribution is 2.28. The number of carbonyl (C=O) groups excluding carboxylic acids is 1. The number of methoxy groups -OCH3 is 1. The summed E-state index contributed by atoms with van der Waals surface area (Å²) in [4.78, 5) is 19.5. The molecule has 1 aliphatic rings. The molecular weight excluding hydrogens is 522 g/mol. The molecule has 0 aliphatic carbocycles. The van der Waals surface area contributed by atoms with Gasteiger partial charge in [0.05, 0.1) is 31.2 Å². The number of carbonyl (C=O) groups is 1. The van der Waals surface area contributed by atoms with E-state index in [1.165, 1.54) is 36.8 Å². The average molecular weight is 560 g/mol. The molecule has 0 saturated heterocycles. The van der Waals surface area contributed by atoms with Crippen LogP contribution in [0.15, 0.2) is 41.4 Å². The maximum absolute atomic E-state index is 13.5. The number of rotatable bonds is 9. The third-order valence-corrected chi connectivity index (χ3v) is 8.51. The molecule has 2 aromatic rings. The summed E-state index contributed by atoms with van der Waals surface area (Å²) in [5.41, 5.74) is 0.589. The van der Waals surface area contributed by atoms with Crippen molar-refractivity contribution < 1.29 is 32.9 Å². The smallest absolute Gasteiger partial charge is 0.259 e. The van der Waals surface area contributed by atoms with Crippen molar-refractivity contribution in [1.82, 2.24) is 14.2 Å². The summed E-state index contributed by atoms with van der Waals surface area (Å²) in [6.07, 6.45) is 1.32. The lowest BCUT2D eigenvalue weighted by Gasteiger charge is -2.37. The molecule has 0 bridgehead atoms. The molecular formula is C28H37N3O7S. The van der Waals surface area contributed by atoms with E-state index >= 15 is 0 Å². The normalized spacial score (nSPS) is 19.2. The Morgan fingerprint density at radius 2 is 2.00 bits per heavy atom. The summed E-state index contributed by atoms with van der Waals surface area (Å²) in [7, 11) is -0.862. The molecule has 1 amide bonds. The number of sulfonamides is 1. The first-order chi connectivity index (χ1) is 18.5. The minimum Gasteiger partial charge on any atom is -0.497 e. The molecule has 4 atom stereocenters. The van der Waals surface area contributed by atoms with E-state index in [2.05, 4.69) is 16.8 Å². The molecule has 0 fully saturated rings. The minimum absolute atomic E-state index is 0.00302. The maximum atomic E-state index is 13.5. The Morgan fingerprint density at radius 1 is 1.31 bits per heavy atom. The number of hydrogen-bond acceptors (Lipinski definition) is 8. The molecule has 39 heavy (non-hydrogen) atoms. The molecule has 0 spiro atoms. The van der Waals surface area contributed by atoms with Gasteiger partial charge >= 0.3 is 0 Å². The van der Waals surface area contributed by atoms with Crippen molar-refractivity contribution in [3.05, 3.63) is 47.7 Å². The molecule has 1 aliphatic heterocycles. The molecule has 1 aromatic heterocycles. The Balaban J connectivity index is 1.95. The number of pyridine rings is 1. The number of amides is 1. The summed E-state index contributed by atoms with van der Waals surface area (Å²) in [6, 6.07) is 7.18. The van der Waals surface area contributed by atoms with E-state index in [4.69, 9.17) is 9.47 Å². The summed E-state index contributed by atoms with van der Waals surface area (Å²) < 4.78 is 39.1. The molecule has 212 valence electrons. The zero-order valence-electron chi connectivity index (χ0n) is 23.0. The SMILES string of the molecule is CCCC(O)C#Cc1cnc2c(c1)C(=O)N([C@H](C)CO)C[C@H](C)[C@H](CN(C)S(=O)(=O)c1ccc(OC)cc1)O2. The van der Waals surface area contributed by atoms with Crippen LogP contribution in [0.25, 0.3) is 0 Å². The topological polar surface area (TPSA) is 130 Å². The number of benzene rings is 1. The summed E-state index contributed by atoms with van der Waals surface area (Å²) in [5, 5.41) is 19.8. The quantitative estimate of drug-likeness (QED) is 0.447. The number of ether oxygens (including phenoxy) is 2. The molecule has 2 heterocycles. The van der Waals surface area contributed by atoms with Crippen molar-refractivity contribution >= 4 is 15.9 Å². The lowest BCUT2D eigenvalue weighted by Crippen LogP contribution is -2.50. The van der Waals surface area contributed by atoms with Crippen LogP contribution in [0.3, 0.4) is 0 Å². The summed E-state index contributed by atoms with van der Waals surface area (Å²) in [6.45, 7) is 5.52. The number of fused-ring (bicyclic) bond motifs is 1. The Bertz CT molecular complexity index is 1300. The van der Waals surface area contributed by atoms with Crippen LogP contribution < -0.4 is 9.47 Å². The predicted molar refractivity (Wildman–Crippen MR) is 146 cm³/mol. The first-order valence-electron chi connectivity index (χ1n) is 12.9. The predicted octanol–water partition coefficient (Wildman–Crippen LogP) is 2.14. The number of nitrogens with zero attached hydrogens (tertiary/aromatic N) is 3. The van der Waals surface area contributed by atoms with E-state index in [0.717, 1.165) is 6.42 Å². The fraction of sp³-hybridized carbons (Fsp3) is 0.500. The van der Waals surface area contributed by atoms with Crippen LogP contribution in [0.4, 0.5) is 0 Å². The van der Waals surface area contributed by atoms with Crippen LogP contribution in [0, 0.1) is 17.8 Å². The molecule has 11 heteroatoms. The number of aromatic nitrogens is 1. The minimum atomic E-state index is -3.84. The third kappa shape index (κ3) is 7.28. The fourth-order valence-corrected chi connectivity index (χ4v) is 5.36. The second kappa shape index (κ2) is 13.3. The van der Waals surface area contributed by atoms with Crippen LogP contribution in [0.5, 0.6) is 11.6 Å². The van der Waals surface area contributed by atoms with E-state index in [1.54, 1.807) is 30.0 Å². The number of aliphatic hydroxyl groups excluding tert-OH is 2. The van der Waals surface area contributed by atoms with E-state index in [9.17, 15) is 23.4 Å². The molecule has 3 rings (SSSR count). The second-order valence-corrected chi connectivity index (χ2v) is 11.8. The van der Waals surface area contributed by atoms with E-state index in [-0.39, 0.29) is 47.9 Å². The molecule has 1 unspecified atom stereocenters. The molecule has 10 nitrogen and oxygen atoms in total. The van der Waals surface area contributed by atoms with Crippen LogP contribution in [-0.4, -0.2) is 90.8 Å². The first-order valence-corrected chi connectivity index (χ1v) is 14.3. The second-order valence-electron chi connectivity index (χ2n) is 9.73. The number of aliphatic hydroxyl groups is 2. The van der Waals surface area contributed by atoms with Crippen molar-refractivity contribution in [2.24, 2.45) is 5.92 Å². The van der Waals surface area contributed by atoms with Gasteiger partial charge in [-0.2, -0.15) is 4.31 Å².